The smallest absolute Gasteiger partial charge is 0.193 e. The molecule has 1 atom stereocenters. The Morgan fingerprint density at radius 3 is 2.58 bits per heavy atom. The van der Waals surface area contributed by atoms with Crippen LogP contribution in [0.2, 0.25) is 5.22 Å². The van der Waals surface area contributed by atoms with E-state index < -0.39 is 0 Å². The van der Waals surface area contributed by atoms with Gasteiger partial charge >= 0.3 is 0 Å². The van der Waals surface area contributed by atoms with Crippen molar-refractivity contribution < 1.29 is 4.42 Å². The molecule has 12 heavy (non-hydrogen) atoms. The molecule has 1 saturated carbocycles. The molecule has 1 fully saturated rings. The lowest BCUT2D eigenvalue weighted by molar-refractivity contribution is 0.444. The third-order valence-electron chi connectivity index (χ3n) is 2.05. The van der Waals surface area contributed by atoms with Crippen LogP contribution in [0, 0.1) is 5.92 Å². The number of hydrogen-bond donors (Lipinski definition) is 1. The van der Waals surface area contributed by atoms with Gasteiger partial charge in [-0.25, -0.2) is 0 Å². The van der Waals surface area contributed by atoms with E-state index in [0.717, 1.165) is 5.76 Å². The van der Waals surface area contributed by atoms with Crippen molar-refractivity contribution in [1.29, 1.82) is 0 Å². The number of nitrogens with two attached hydrogens (primary N) is 1. The molecule has 1 heterocycles. The van der Waals surface area contributed by atoms with Gasteiger partial charge in [0.05, 0.1) is 6.04 Å². The second-order valence-corrected chi connectivity index (χ2v) is 3.38. The van der Waals surface area contributed by atoms with E-state index in [1.165, 1.54) is 12.8 Å². The normalized spacial score (nSPS) is 18.5. The Hall–Kier alpha value is -0.180. The SMILES string of the molecule is Cl.N[C@H](c1ccc(Cl)o1)C1CC1. The fraction of sp³-hybridized carbons (Fsp3) is 0.500. The lowest BCUT2D eigenvalue weighted by Crippen LogP contribution is -2.10. The molecule has 2 rings (SSSR count). The number of furan rings is 1. The molecule has 0 saturated heterocycles. The van der Waals surface area contributed by atoms with Crippen molar-refractivity contribution in [3.8, 4) is 0 Å². The van der Waals surface area contributed by atoms with Gasteiger partial charge in [-0.05, 0) is 42.5 Å². The van der Waals surface area contributed by atoms with Crippen LogP contribution in [0.1, 0.15) is 24.6 Å². The van der Waals surface area contributed by atoms with E-state index in [9.17, 15) is 0 Å². The van der Waals surface area contributed by atoms with Gasteiger partial charge in [-0.3, -0.25) is 0 Å². The molecule has 0 aliphatic heterocycles. The van der Waals surface area contributed by atoms with Gasteiger partial charge in [0.2, 0.25) is 0 Å². The van der Waals surface area contributed by atoms with E-state index in [0.29, 0.717) is 11.1 Å². The zero-order valence-corrected chi connectivity index (χ0v) is 8.07. The summed E-state index contributed by atoms with van der Waals surface area (Å²) in [4.78, 5) is 0. The average Bonchev–Trinajstić information content (AvgIpc) is 2.74. The van der Waals surface area contributed by atoms with Crippen LogP contribution in [0.3, 0.4) is 0 Å². The van der Waals surface area contributed by atoms with Gasteiger partial charge < -0.3 is 10.2 Å². The summed E-state index contributed by atoms with van der Waals surface area (Å²) in [6.07, 6.45) is 2.44. The highest BCUT2D eigenvalue weighted by molar-refractivity contribution is 6.28. The standard InChI is InChI=1S/C8H10ClNO.ClH/c9-7-4-3-6(11-7)8(10)5-1-2-5;/h3-5,8H,1-2,10H2;1H/t8-;/m0./s1. The minimum absolute atomic E-state index is 0. The van der Waals surface area contributed by atoms with Gasteiger partial charge in [0.15, 0.2) is 5.22 Å². The van der Waals surface area contributed by atoms with Crippen molar-refractivity contribution in [3.63, 3.8) is 0 Å². The molecule has 2 nitrogen and oxygen atoms in total. The Bertz CT molecular complexity index is 257. The third-order valence-corrected chi connectivity index (χ3v) is 2.26. The minimum atomic E-state index is 0. The molecule has 1 aromatic heterocycles. The fourth-order valence-electron chi connectivity index (χ4n) is 1.20. The molecule has 0 spiro atoms. The van der Waals surface area contributed by atoms with Crippen LogP contribution in [0.4, 0.5) is 0 Å². The molecule has 0 radical (unpaired) electrons. The first-order valence-electron chi connectivity index (χ1n) is 3.78. The molecule has 2 N–H and O–H groups in total. The van der Waals surface area contributed by atoms with Crippen LogP contribution in [-0.4, -0.2) is 0 Å². The third kappa shape index (κ3) is 1.94. The summed E-state index contributed by atoms with van der Waals surface area (Å²) >= 11 is 5.61. The van der Waals surface area contributed by atoms with Gasteiger partial charge in [-0.15, -0.1) is 12.4 Å². The highest BCUT2D eigenvalue weighted by Gasteiger charge is 2.31. The van der Waals surface area contributed by atoms with Crippen molar-refractivity contribution >= 4 is 24.0 Å². The summed E-state index contributed by atoms with van der Waals surface area (Å²) in [5, 5.41) is 0.427. The minimum Gasteiger partial charge on any atom is -0.448 e. The van der Waals surface area contributed by atoms with Crippen LogP contribution < -0.4 is 5.73 Å². The maximum Gasteiger partial charge on any atom is 0.193 e. The summed E-state index contributed by atoms with van der Waals surface area (Å²) < 4.78 is 5.19. The lowest BCUT2D eigenvalue weighted by Gasteiger charge is -2.04. The Labute approximate surface area is 82.5 Å². The summed E-state index contributed by atoms with van der Waals surface area (Å²) in [7, 11) is 0. The van der Waals surface area contributed by atoms with Gasteiger partial charge in [0, 0.05) is 0 Å². The van der Waals surface area contributed by atoms with E-state index in [-0.39, 0.29) is 18.4 Å². The van der Waals surface area contributed by atoms with Crippen LogP contribution in [0.15, 0.2) is 16.5 Å². The summed E-state index contributed by atoms with van der Waals surface area (Å²) in [5.41, 5.74) is 5.86. The Balaban J connectivity index is 0.000000720. The number of halogens is 2. The van der Waals surface area contributed by atoms with Crippen LogP contribution >= 0.6 is 24.0 Å². The molecule has 68 valence electrons. The topological polar surface area (TPSA) is 39.2 Å². The summed E-state index contributed by atoms with van der Waals surface area (Å²) in [6.45, 7) is 0. The highest BCUT2D eigenvalue weighted by atomic mass is 35.5. The Kier molecular flexibility index (Phi) is 3.04. The molecule has 0 amide bonds. The molecular formula is C8H11Cl2NO. The first-order chi connectivity index (χ1) is 5.27. The molecule has 1 aliphatic carbocycles. The summed E-state index contributed by atoms with van der Waals surface area (Å²) in [5.74, 6) is 1.44. The van der Waals surface area contributed by atoms with Gasteiger partial charge in [-0.1, -0.05) is 0 Å². The van der Waals surface area contributed by atoms with E-state index in [4.69, 9.17) is 21.8 Å². The predicted octanol–water partition coefficient (Wildman–Crippen LogP) is 2.76. The zero-order chi connectivity index (χ0) is 7.84. The van der Waals surface area contributed by atoms with Crippen molar-refractivity contribution in [2.75, 3.05) is 0 Å². The van der Waals surface area contributed by atoms with Crippen LogP contribution in [0.25, 0.3) is 0 Å². The molecule has 4 heteroatoms. The molecule has 0 unspecified atom stereocenters. The molecule has 0 bridgehead atoms. The quantitative estimate of drug-likeness (QED) is 0.811. The van der Waals surface area contributed by atoms with Crippen LogP contribution in [-0.2, 0) is 0 Å². The van der Waals surface area contributed by atoms with Crippen molar-refractivity contribution in [3.05, 3.63) is 23.1 Å². The number of hydrogen-bond acceptors (Lipinski definition) is 2. The van der Waals surface area contributed by atoms with E-state index in [1.807, 2.05) is 6.07 Å². The molecular weight excluding hydrogens is 197 g/mol. The predicted molar refractivity (Wildman–Crippen MR) is 50.6 cm³/mol. The van der Waals surface area contributed by atoms with Gasteiger partial charge in [0.25, 0.3) is 0 Å². The second kappa shape index (κ2) is 3.69. The van der Waals surface area contributed by atoms with E-state index in [2.05, 4.69) is 0 Å². The monoisotopic (exact) mass is 207 g/mol. The van der Waals surface area contributed by atoms with Gasteiger partial charge in [0.1, 0.15) is 5.76 Å². The van der Waals surface area contributed by atoms with Crippen molar-refractivity contribution in [1.82, 2.24) is 0 Å². The van der Waals surface area contributed by atoms with Gasteiger partial charge in [-0.2, -0.15) is 0 Å². The molecule has 1 aromatic rings. The van der Waals surface area contributed by atoms with Crippen LogP contribution in [0.5, 0.6) is 0 Å². The van der Waals surface area contributed by atoms with E-state index in [1.54, 1.807) is 6.07 Å². The second-order valence-electron chi connectivity index (χ2n) is 3.01. The maximum absolute atomic E-state index is 5.86. The average molecular weight is 208 g/mol. The zero-order valence-electron chi connectivity index (χ0n) is 6.50. The first kappa shape index (κ1) is 9.90. The summed E-state index contributed by atoms with van der Waals surface area (Å²) in [6, 6.07) is 3.65. The first-order valence-corrected chi connectivity index (χ1v) is 4.16. The lowest BCUT2D eigenvalue weighted by atomic mass is 10.1. The highest BCUT2D eigenvalue weighted by Crippen LogP contribution is 2.40. The molecule has 1 aliphatic rings. The fourth-order valence-corrected chi connectivity index (χ4v) is 1.35. The Morgan fingerprint density at radius 2 is 2.17 bits per heavy atom. The molecule has 0 aromatic carbocycles. The van der Waals surface area contributed by atoms with Crippen molar-refractivity contribution in [2.24, 2.45) is 11.7 Å². The van der Waals surface area contributed by atoms with E-state index >= 15 is 0 Å². The van der Waals surface area contributed by atoms with Crippen molar-refractivity contribution in [2.45, 2.75) is 18.9 Å². The Morgan fingerprint density at radius 1 is 1.50 bits per heavy atom. The largest absolute Gasteiger partial charge is 0.448 e. The number of rotatable bonds is 2. The maximum atomic E-state index is 5.86.